The van der Waals surface area contributed by atoms with E-state index in [0.29, 0.717) is 6.04 Å². The van der Waals surface area contributed by atoms with Gasteiger partial charge in [-0.2, -0.15) is 0 Å². The van der Waals surface area contributed by atoms with Crippen LogP contribution >= 0.6 is 0 Å². The molecule has 0 aromatic heterocycles. The quantitative estimate of drug-likeness (QED) is 0.790. The Balaban J connectivity index is 1.98. The fourth-order valence-corrected chi connectivity index (χ4v) is 3.43. The monoisotopic (exact) mass is 273 g/mol. The van der Waals surface area contributed by atoms with E-state index in [0.717, 1.165) is 11.8 Å². The molecule has 1 atom stereocenters. The summed E-state index contributed by atoms with van der Waals surface area (Å²) in [4.78, 5) is 0. The molecule has 0 bridgehead atoms. The van der Waals surface area contributed by atoms with Gasteiger partial charge in [0.05, 0.1) is 0 Å². The van der Waals surface area contributed by atoms with Crippen molar-refractivity contribution < 1.29 is 0 Å². The molecule has 0 radical (unpaired) electrons. The van der Waals surface area contributed by atoms with Crippen molar-refractivity contribution in [1.82, 2.24) is 5.32 Å². The lowest BCUT2D eigenvalue weighted by molar-refractivity contribution is 0.236. The zero-order valence-corrected chi connectivity index (χ0v) is 13.5. The molecule has 112 valence electrons. The van der Waals surface area contributed by atoms with Crippen molar-refractivity contribution in [3.63, 3.8) is 0 Å². The van der Waals surface area contributed by atoms with Gasteiger partial charge in [-0.15, -0.1) is 0 Å². The van der Waals surface area contributed by atoms with E-state index in [4.69, 9.17) is 0 Å². The zero-order valence-electron chi connectivity index (χ0n) is 13.5. The summed E-state index contributed by atoms with van der Waals surface area (Å²) < 4.78 is 0. The first kappa shape index (κ1) is 15.6. The Bertz CT molecular complexity index is 373. The van der Waals surface area contributed by atoms with Gasteiger partial charge in [-0.3, -0.25) is 0 Å². The van der Waals surface area contributed by atoms with E-state index in [1.54, 1.807) is 0 Å². The van der Waals surface area contributed by atoms with E-state index in [1.807, 2.05) is 0 Å². The summed E-state index contributed by atoms with van der Waals surface area (Å²) in [7, 11) is 0. The van der Waals surface area contributed by atoms with Crippen LogP contribution in [0.5, 0.6) is 0 Å². The largest absolute Gasteiger partial charge is 0.314 e. The summed E-state index contributed by atoms with van der Waals surface area (Å²) in [6, 6.07) is 9.74. The third-order valence-electron chi connectivity index (χ3n) is 4.72. The van der Waals surface area contributed by atoms with Crippen molar-refractivity contribution in [1.29, 1.82) is 0 Å². The summed E-state index contributed by atoms with van der Waals surface area (Å²) in [5.41, 5.74) is 2.88. The molecule has 0 heterocycles. The number of benzene rings is 1. The van der Waals surface area contributed by atoms with Crippen LogP contribution in [0.1, 0.15) is 57.1 Å². The highest BCUT2D eigenvalue weighted by atomic mass is 14.9. The van der Waals surface area contributed by atoms with Gasteiger partial charge in [0.25, 0.3) is 0 Å². The Hall–Kier alpha value is -0.820. The molecule has 1 nitrogen and oxygen atoms in total. The van der Waals surface area contributed by atoms with Gasteiger partial charge >= 0.3 is 0 Å². The van der Waals surface area contributed by atoms with Crippen LogP contribution in [0.25, 0.3) is 0 Å². The predicted octanol–water partition coefficient (Wildman–Crippen LogP) is 4.73. The van der Waals surface area contributed by atoms with Gasteiger partial charge in [0.15, 0.2) is 0 Å². The van der Waals surface area contributed by atoms with Crippen LogP contribution < -0.4 is 5.32 Å². The highest BCUT2D eigenvalue weighted by molar-refractivity contribution is 5.21. The number of rotatable bonds is 6. The standard InChI is InChI=1S/C19H31N/c1-15(2)20-14-19(18-7-5-4-6-8-18)13-17-11-9-16(3)10-12-17/h9-12,15,18-20H,4-8,13-14H2,1-3H3. The van der Waals surface area contributed by atoms with Gasteiger partial charge < -0.3 is 5.32 Å². The van der Waals surface area contributed by atoms with Gasteiger partial charge in [0, 0.05) is 6.04 Å². The van der Waals surface area contributed by atoms with E-state index in [-0.39, 0.29) is 0 Å². The van der Waals surface area contributed by atoms with Crippen LogP contribution in [0.3, 0.4) is 0 Å². The molecule has 1 aromatic rings. The lowest BCUT2D eigenvalue weighted by Gasteiger charge is -2.31. The van der Waals surface area contributed by atoms with Gasteiger partial charge in [-0.1, -0.05) is 75.8 Å². The molecular weight excluding hydrogens is 242 g/mol. The van der Waals surface area contributed by atoms with Crippen LogP contribution in [-0.4, -0.2) is 12.6 Å². The van der Waals surface area contributed by atoms with E-state index in [9.17, 15) is 0 Å². The highest BCUT2D eigenvalue weighted by Crippen LogP contribution is 2.31. The molecule has 1 aliphatic rings. The van der Waals surface area contributed by atoms with Gasteiger partial charge in [0.2, 0.25) is 0 Å². The van der Waals surface area contributed by atoms with Crippen molar-refractivity contribution in [2.75, 3.05) is 6.54 Å². The van der Waals surface area contributed by atoms with Crippen LogP contribution in [0.2, 0.25) is 0 Å². The third kappa shape index (κ3) is 4.94. The lowest BCUT2D eigenvalue weighted by atomic mass is 9.77. The van der Waals surface area contributed by atoms with E-state index >= 15 is 0 Å². The van der Waals surface area contributed by atoms with Gasteiger partial charge in [0.1, 0.15) is 0 Å². The predicted molar refractivity (Wildman–Crippen MR) is 88.1 cm³/mol. The molecule has 1 unspecified atom stereocenters. The summed E-state index contributed by atoms with van der Waals surface area (Å²) in [6.07, 6.45) is 8.45. The molecule has 1 aliphatic carbocycles. The maximum atomic E-state index is 3.67. The minimum absolute atomic E-state index is 0.596. The third-order valence-corrected chi connectivity index (χ3v) is 4.72. The van der Waals surface area contributed by atoms with E-state index < -0.39 is 0 Å². The molecule has 1 heteroatoms. The summed E-state index contributed by atoms with van der Waals surface area (Å²) in [5, 5.41) is 3.67. The fourth-order valence-electron chi connectivity index (χ4n) is 3.43. The van der Waals surface area contributed by atoms with Crippen molar-refractivity contribution in [3.8, 4) is 0 Å². The Morgan fingerprint density at radius 3 is 2.30 bits per heavy atom. The summed E-state index contributed by atoms with van der Waals surface area (Å²) >= 11 is 0. The van der Waals surface area contributed by atoms with Crippen molar-refractivity contribution >= 4 is 0 Å². The average molecular weight is 273 g/mol. The van der Waals surface area contributed by atoms with Crippen molar-refractivity contribution in [3.05, 3.63) is 35.4 Å². The van der Waals surface area contributed by atoms with Gasteiger partial charge in [-0.05, 0) is 37.3 Å². The Morgan fingerprint density at radius 1 is 1.05 bits per heavy atom. The Morgan fingerprint density at radius 2 is 1.70 bits per heavy atom. The first-order chi connectivity index (χ1) is 9.65. The molecular formula is C19H31N. The molecule has 1 aromatic carbocycles. The van der Waals surface area contributed by atoms with Crippen molar-refractivity contribution in [2.24, 2.45) is 11.8 Å². The van der Waals surface area contributed by atoms with Gasteiger partial charge in [-0.25, -0.2) is 0 Å². The Labute approximate surface area is 125 Å². The normalized spacial score (nSPS) is 18.4. The Kier molecular flexibility index (Phi) is 6.09. The minimum atomic E-state index is 0.596. The van der Waals surface area contributed by atoms with Crippen LogP contribution in [0, 0.1) is 18.8 Å². The molecule has 0 aliphatic heterocycles. The van der Waals surface area contributed by atoms with E-state index in [1.165, 1.54) is 56.2 Å². The fraction of sp³-hybridized carbons (Fsp3) is 0.684. The van der Waals surface area contributed by atoms with E-state index in [2.05, 4.69) is 50.4 Å². The number of nitrogens with one attached hydrogen (secondary N) is 1. The van der Waals surface area contributed by atoms with Crippen LogP contribution in [-0.2, 0) is 6.42 Å². The maximum Gasteiger partial charge on any atom is 0.00104 e. The molecule has 2 rings (SSSR count). The second kappa shape index (κ2) is 7.83. The first-order valence-electron chi connectivity index (χ1n) is 8.44. The number of aryl methyl sites for hydroxylation is 1. The smallest absolute Gasteiger partial charge is 0.00104 e. The molecule has 0 spiro atoms. The molecule has 0 amide bonds. The average Bonchev–Trinajstić information content (AvgIpc) is 2.46. The summed E-state index contributed by atoms with van der Waals surface area (Å²) in [5.74, 6) is 1.73. The molecule has 1 N–H and O–H groups in total. The SMILES string of the molecule is Cc1ccc(CC(CNC(C)C)C2CCCCC2)cc1. The van der Waals surface area contributed by atoms with Crippen LogP contribution in [0.15, 0.2) is 24.3 Å². The molecule has 1 saturated carbocycles. The topological polar surface area (TPSA) is 12.0 Å². The van der Waals surface area contributed by atoms with Crippen molar-refractivity contribution in [2.45, 2.75) is 65.3 Å². The highest BCUT2D eigenvalue weighted by Gasteiger charge is 2.23. The number of hydrogen-bond donors (Lipinski definition) is 1. The van der Waals surface area contributed by atoms with Crippen LogP contribution in [0.4, 0.5) is 0 Å². The lowest BCUT2D eigenvalue weighted by Crippen LogP contribution is -2.34. The molecule has 20 heavy (non-hydrogen) atoms. The minimum Gasteiger partial charge on any atom is -0.314 e. The first-order valence-corrected chi connectivity index (χ1v) is 8.44. The maximum absolute atomic E-state index is 3.67. The second-order valence-corrected chi connectivity index (χ2v) is 6.91. The second-order valence-electron chi connectivity index (χ2n) is 6.91. The molecule has 1 fully saturated rings. The summed E-state index contributed by atoms with van der Waals surface area (Å²) in [6.45, 7) is 7.85. The zero-order chi connectivity index (χ0) is 14.4. The number of hydrogen-bond acceptors (Lipinski definition) is 1. The molecule has 0 saturated heterocycles.